The standard InChI is InChI=1S/C17H24N2O/c1-13-10-16(14(2)19(13)3)12-18-9-8-15-6-5-7-17(11-15)20-4/h5-7,10-11,18H,8-9,12H2,1-4H3. The minimum absolute atomic E-state index is 0.928. The zero-order valence-electron chi connectivity index (χ0n) is 12.9. The Morgan fingerprint density at radius 2 is 2.00 bits per heavy atom. The third kappa shape index (κ3) is 3.42. The molecule has 0 aliphatic rings. The molecule has 20 heavy (non-hydrogen) atoms. The smallest absolute Gasteiger partial charge is 0.119 e. The first-order valence-electron chi connectivity index (χ1n) is 7.07. The van der Waals surface area contributed by atoms with Gasteiger partial charge in [0.05, 0.1) is 7.11 Å². The fraction of sp³-hybridized carbons (Fsp3) is 0.412. The summed E-state index contributed by atoms with van der Waals surface area (Å²) in [6, 6.07) is 10.5. The topological polar surface area (TPSA) is 26.2 Å². The van der Waals surface area contributed by atoms with E-state index >= 15 is 0 Å². The van der Waals surface area contributed by atoms with E-state index in [-0.39, 0.29) is 0 Å². The minimum Gasteiger partial charge on any atom is -0.497 e. The van der Waals surface area contributed by atoms with Crippen LogP contribution >= 0.6 is 0 Å². The Morgan fingerprint density at radius 1 is 1.20 bits per heavy atom. The Hall–Kier alpha value is -1.74. The van der Waals surface area contributed by atoms with E-state index in [1.54, 1.807) is 7.11 Å². The van der Waals surface area contributed by atoms with Gasteiger partial charge in [0.1, 0.15) is 5.75 Å². The van der Waals surface area contributed by atoms with Gasteiger partial charge in [-0.25, -0.2) is 0 Å². The van der Waals surface area contributed by atoms with Gasteiger partial charge in [0.25, 0.3) is 0 Å². The second kappa shape index (κ2) is 6.62. The molecule has 0 unspecified atom stereocenters. The van der Waals surface area contributed by atoms with Gasteiger partial charge in [-0.05, 0) is 56.1 Å². The van der Waals surface area contributed by atoms with E-state index in [4.69, 9.17) is 4.74 Å². The second-order valence-corrected chi connectivity index (χ2v) is 5.23. The van der Waals surface area contributed by atoms with Crippen LogP contribution in [0.2, 0.25) is 0 Å². The molecule has 0 aliphatic carbocycles. The first-order valence-corrected chi connectivity index (χ1v) is 7.07. The first kappa shape index (κ1) is 14.7. The lowest BCUT2D eigenvalue weighted by molar-refractivity contribution is 0.414. The van der Waals surface area contributed by atoms with Crippen LogP contribution in [0.1, 0.15) is 22.5 Å². The van der Waals surface area contributed by atoms with Gasteiger partial charge in [-0.3, -0.25) is 0 Å². The lowest BCUT2D eigenvalue weighted by Crippen LogP contribution is -2.17. The van der Waals surface area contributed by atoms with Gasteiger partial charge in [-0.2, -0.15) is 0 Å². The zero-order valence-corrected chi connectivity index (χ0v) is 12.9. The summed E-state index contributed by atoms with van der Waals surface area (Å²) in [6.07, 6.45) is 1.02. The van der Waals surface area contributed by atoms with Crippen LogP contribution in [-0.2, 0) is 20.0 Å². The van der Waals surface area contributed by atoms with Crippen molar-refractivity contribution < 1.29 is 4.74 Å². The largest absolute Gasteiger partial charge is 0.497 e. The van der Waals surface area contributed by atoms with Crippen molar-refractivity contribution in [3.05, 3.63) is 52.8 Å². The molecule has 3 heteroatoms. The number of hydrogen-bond donors (Lipinski definition) is 1. The van der Waals surface area contributed by atoms with Crippen LogP contribution in [-0.4, -0.2) is 18.2 Å². The van der Waals surface area contributed by atoms with Crippen LogP contribution in [0, 0.1) is 13.8 Å². The van der Waals surface area contributed by atoms with Crippen LogP contribution in [0.4, 0.5) is 0 Å². The van der Waals surface area contributed by atoms with Gasteiger partial charge in [-0.15, -0.1) is 0 Å². The Kier molecular flexibility index (Phi) is 4.85. The number of aromatic nitrogens is 1. The average molecular weight is 272 g/mol. The molecule has 2 aromatic rings. The van der Waals surface area contributed by atoms with Crippen LogP contribution in [0.5, 0.6) is 5.75 Å². The lowest BCUT2D eigenvalue weighted by atomic mass is 10.1. The summed E-state index contributed by atoms with van der Waals surface area (Å²) < 4.78 is 7.47. The summed E-state index contributed by atoms with van der Waals surface area (Å²) in [5, 5.41) is 3.51. The molecule has 0 bridgehead atoms. The number of aryl methyl sites for hydroxylation is 1. The highest BCUT2D eigenvalue weighted by molar-refractivity contribution is 5.29. The first-order chi connectivity index (χ1) is 9.61. The third-order valence-corrected chi connectivity index (χ3v) is 3.92. The van der Waals surface area contributed by atoms with E-state index in [1.807, 2.05) is 12.1 Å². The van der Waals surface area contributed by atoms with Gasteiger partial charge in [0.2, 0.25) is 0 Å². The molecule has 0 fully saturated rings. The highest BCUT2D eigenvalue weighted by Gasteiger charge is 2.05. The van der Waals surface area contributed by atoms with Gasteiger partial charge >= 0.3 is 0 Å². The average Bonchev–Trinajstić information content (AvgIpc) is 2.71. The summed E-state index contributed by atoms with van der Waals surface area (Å²) >= 11 is 0. The summed E-state index contributed by atoms with van der Waals surface area (Å²) in [6.45, 7) is 6.22. The number of nitrogens with zero attached hydrogens (tertiary/aromatic N) is 1. The van der Waals surface area contributed by atoms with Crippen LogP contribution in [0.3, 0.4) is 0 Å². The Balaban J connectivity index is 1.82. The van der Waals surface area contributed by atoms with E-state index in [2.05, 4.69) is 49.0 Å². The summed E-state index contributed by atoms with van der Waals surface area (Å²) in [7, 11) is 3.82. The van der Waals surface area contributed by atoms with E-state index < -0.39 is 0 Å². The van der Waals surface area contributed by atoms with Crippen molar-refractivity contribution in [2.75, 3.05) is 13.7 Å². The summed E-state index contributed by atoms with van der Waals surface area (Å²) in [5.74, 6) is 0.928. The summed E-state index contributed by atoms with van der Waals surface area (Å²) in [5.41, 5.74) is 5.34. The Bertz CT molecular complexity index is 572. The fourth-order valence-corrected chi connectivity index (χ4v) is 2.40. The van der Waals surface area contributed by atoms with Crippen LogP contribution < -0.4 is 10.1 Å². The second-order valence-electron chi connectivity index (χ2n) is 5.23. The van der Waals surface area contributed by atoms with Crippen molar-refractivity contribution in [2.45, 2.75) is 26.8 Å². The summed E-state index contributed by atoms with van der Waals surface area (Å²) in [4.78, 5) is 0. The molecule has 108 valence electrons. The number of rotatable bonds is 6. The molecule has 0 aliphatic heterocycles. The maximum absolute atomic E-state index is 5.24. The third-order valence-electron chi connectivity index (χ3n) is 3.92. The zero-order chi connectivity index (χ0) is 14.5. The number of methoxy groups -OCH3 is 1. The fourth-order valence-electron chi connectivity index (χ4n) is 2.40. The van der Waals surface area contributed by atoms with Crippen LogP contribution in [0.15, 0.2) is 30.3 Å². The number of ether oxygens (including phenoxy) is 1. The van der Waals surface area contributed by atoms with Gasteiger partial charge in [0, 0.05) is 25.0 Å². The molecule has 0 saturated heterocycles. The van der Waals surface area contributed by atoms with Crippen molar-refractivity contribution in [1.82, 2.24) is 9.88 Å². The molecule has 2 rings (SSSR count). The molecule has 1 heterocycles. The molecule has 0 atom stereocenters. The lowest BCUT2D eigenvalue weighted by Gasteiger charge is -2.07. The molecular formula is C17H24N2O. The molecular weight excluding hydrogens is 248 g/mol. The molecule has 0 saturated carbocycles. The van der Waals surface area contributed by atoms with Gasteiger partial charge in [-0.1, -0.05) is 12.1 Å². The number of nitrogens with one attached hydrogen (secondary N) is 1. The molecule has 1 aromatic heterocycles. The van der Waals surface area contributed by atoms with E-state index in [9.17, 15) is 0 Å². The van der Waals surface area contributed by atoms with Crippen molar-refractivity contribution >= 4 is 0 Å². The van der Waals surface area contributed by atoms with Gasteiger partial charge < -0.3 is 14.6 Å². The highest BCUT2D eigenvalue weighted by Crippen LogP contribution is 2.14. The van der Waals surface area contributed by atoms with Crippen molar-refractivity contribution in [2.24, 2.45) is 7.05 Å². The maximum atomic E-state index is 5.24. The Labute approximate surface area is 121 Å². The van der Waals surface area contributed by atoms with Crippen molar-refractivity contribution in [3.8, 4) is 5.75 Å². The Morgan fingerprint density at radius 3 is 2.65 bits per heavy atom. The van der Waals surface area contributed by atoms with Crippen molar-refractivity contribution in [3.63, 3.8) is 0 Å². The van der Waals surface area contributed by atoms with E-state index in [0.29, 0.717) is 0 Å². The molecule has 1 N–H and O–H groups in total. The number of hydrogen-bond acceptors (Lipinski definition) is 2. The molecule has 0 radical (unpaired) electrons. The van der Waals surface area contributed by atoms with Crippen molar-refractivity contribution in [1.29, 1.82) is 0 Å². The minimum atomic E-state index is 0.928. The number of benzene rings is 1. The maximum Gasteiger partial charge on any atom is 0.119 e. The molecule has 3 nitrogen and oxygen atoms in total. The van der Waals surface area contributed by atoms with Crippen LogP contribution in [0.25, 0.3) is 0 Å². The van der Waals surface area contributed by atoms with E-state index in [1.165, 1.54) is 22.5 Å². The van der Waals surface area contributed by atoms with E-state index in [0.717, 1.165) is 25.3 Å². The predicted molar refractivity (Wildman–Crippen MR) is 83.3 cm³/mol. The quantitative estimate of drug-likeness (QED) is 0.818. The van der Waals surface area contributed by atoms with Gasteiger partial charge in [0.15, 0.2) is 0 Å². The SMILES string of the molecule is COc1cccc(CCNCc2cc(C)n(C)c2C)c1. The monoisotopic (exact) mass is 272 g/mol. The molecule has 0 amide bonds. The predicted octanol–water partition coefficient (Wildman–Crippen LogP) is 2.98. The highest BCUT2D eigenvalue weighted by atomic mass is 16.5. The molecule has 0 spiro atoms. The molecule has 1 aromatic carbocycles. The normalized spacial score (nSPS) is 10.8.